The van der Waals surface area contributed by atoms with Crippen molar-refractivity contribution in [2.75, 3.05) is 0 Å². The van der Waals surface area contributed by atoms with Crippen molar-refractivity contribution in [2.24, 2.45) is 5.92 Å². The quantitative estimate of drug-likeness (QED) is 0.407. The van der Waals surface area contributed by atoms with Gasteiger partial charge in [-0.25, -0.2) is 4.79 Å². The van der Waals surface area contributed by atoms with E-state index in [0.29, 0.717) is 12.0 Å². The second-order valence-corrected chi connectivity index (χ2v) is 5.29. The van der Waals surface area contributed by atoms with Crippen LogP contribution in [-0.4, -0.2) is 23.3 Å². The van der Waals surface area contributed by atoms with Gasteiger partial charge in [0.05, 0.1) is 12.0 Å². The Hall–Kier alpha value is -1.35. The topological polar surface area (TPSA) is 46.5 Å². The maximum absolute atomic E-state index is 11.6. The first-order valence-electron chi connectivity index (χ1n) is 6.40. The first kappa shape index (κ1) is 13.1. The third-order valence-electron chi connectivity index (χ3n) is 3.69. The summed E-state index contributed by atoms with van der Waals surface area (Å²) in [6.07, 6.45) is 5.65. The molecule has 0 aromatic rings. The van der Waals surface area contributed by atoms with Crippen LogP contribution in [0.2, 0.25) is 0 Å². The fourth-order valence-corrected chi connectivity index (χ4v) is 2.65. The van der Waals surface area contributed by atoms with Crippen molar-refractivity contribution in [3.8, 4) is 0 Å². The number of fused-ring (bicyclic) bond motifs is 1. The van der Waals surface area contributed by atoms with Crippen LogP contribution in [0.15, 0.2) is 35.5 Å². The lowest BCUT2D eigenvalue weighted by molar-refractivity contribution is -0.137. The molecule has 0 amide bonds. The molecule has 2 rings (SSSR count). The Morgan fingerprint density at radius 3 is 2.83 bits per heavy atom. The molecule has 1 aliphatic carbocycles. The van der Waals surface area contributed by atoms with Gasteiger partial charge in [0.1, 0.15) is 6.10 Å². The van der Waals surface area contributed by atoms with Crippen LogP contribution in [-0.2, 0) is 9.53 Å². The molecule has 0 bridgehead atoms. The first-order chi connectivity index (χ1) is 8.49. The summed E-state index contributed by atoms with van der Waals surface area (Å²) in [7, 11) is 0. The maximum atomic E-state index is 11.6. The zero-order valence-corrected chi connectivity index (χ0v) is 11.0. The molecule has 3 unspecified atom stereocenters. The highest BCUT2D eigenvalue weighted by atomic mass is 16.6. The summed E-state index contributed by atoms with van der Waals surface area (Å²) in [6.45, 7) is 7.81. The van der Waals surface area contributed by atoms with E-state index in [0.717, 1.165) is 18.4 Å². The number of esters is 1. The molecule has 0 spiro atoms. The van der Waals surface area contributed by atoms with E-state index in [1.165, 1.54) is 5.57 Å². The molecular formula is C15H20O3. The monoisotopic (exact) mass is 248 g/mol. The highest BCUT2D eigenvalue weighted by Crippen LogP contribution is 2.34. The summed E-state index contributed by atoms with van der Waals surface area (Å²) in [5.74, 6) is -0.692. The maximum Gasteiger partial charge on any atom is 0.334 e. The van der Waals surface area contributed by atoms with Gasteiger partial charge < -0.3 is 9.84 Å². The largest absolute Gasteiger partial charge is 0.454 e. The van der Waals surface area contributed by atoms with E-state index >= 15 is 0 Å². The number of aliphatic hydroxyl groups excluding tert-OH is 1. The van der Waals surface area contributed by atoms with Crippen molar-refractivity contribution >= 4 is 5.97 Å². The van der Waals surface area contributed by atoms with E-state index < -0.39 is 6.10 Å². The minimum absolute atomic E-state index is 0.311. The number of hydrogen-bond donors (Lipinski definition) is 1. The van der Waals surface area contributed by atoms with Crippen LogP contribution < -0.4 is 0 Å². The van der Waals surface area contributed by atoms with Gasteiger partial charge in [-0.15, -0.1) is 0 Å². The lowest BCUT2D eigenvalue weighted by atomic mass is 9.86. The molecule has 3 nitrogen and oxygen atoms in total. The second kappa shape index (κ2) is 5.11. The van der Waals surface area contributed by atoms with Crippen LogP contribution in [0.5, 0.6) is 0 Å². The molecule has 3 atom stereocenters. The molecule has 3 heteroatoms. The van der Waals surface area contributed by atoms with Crippen molar-refractivity contribution < 1.29 is 14.6 Å². The van der Waals surface area contributed by atoms with Gasteiger partial charge in [0.25, 0.3) is 0 Å². The third-order valence-corrected chi connectivity index (χ3v) is 3.69. The molecule has 2 aliphatic rings. The van der Waals surface area contributed by atoms with Crippen molar-refractivity contribution in [1.29, 1.82) is 0 Å². The average molecular weight is 248 g/mol. The Kier molecular flexibility index (Phi) is 3.71. The van der Waals surface area contributed by atoms with E-state index in [9.17, 15) is 9.90 Å². The fourth-order valence-electron chi connectivity index (χ4n) is 2.65. The smallest absolute Gasteiger partial charge is 0.334 e. The Morgan fingerprint density at radius 1 is 1.39 bits per heavy atom. The summed E-state index contributed by atoms with van der Waals surface area (Å²) < 4.78 is 5.29. The lowest BCUT2D eigenvalue weighted by Crippen LogP contribution is -2.28. The molecule has 0 radical (unpaired) electrons. The van der Waals surface area contributed by atoms with Gasteiger partial charge in [0, 0.05) is 5.57 Å². The number of aliphatic hydroxyl groups is 1. The van der Waals surface area contributed by atoms with E-state index in [1.54, 1.807) is 0 Å². The Balaban J connectivity index is 2.33. The molecule has 1 aliphatic heterocycles. The van der Waals surface area contributed by atoms with Crippen LogP contribution in [0.3, 0.4) is 0 Å². The zero-order valence-electron chi connectivity index (χ0n) is 11.0. The Labute approximate surface area is 108 Å². The molecule has 1 saturated heterocycles. The van der Waals surface area contributed by atoms with Gasteiger partial charge in [-0.05, 0) is 39.2 Å². The first-order valence-corrected chi connectivity index (χ1v) is 6.40. The van der Waals surface area contributed by atoms with Crippen molar-refractivity contribution in [3.63, 3.8) is 0 Å². The molecular weight excluding hydrogens is 228 g/mol. The number of ether oxygens (including phenoxy) is 1. The van der Waals surface area contributed by atoms with Gasteiger partial charge in [-0.2, -0.15) is 0 Å². The van der Waals surface area contributed by atoms with E-state index in [-0.39, 0.29) is 18.0 Å². The van der Waals surface area contributed by atoms with Gasteiger partial charge in [0.2, 0.25) is 0 Å². The molecule has 1 fully saturated rings. The number of carbonyl (C=O) groups excluding carboxylic acids is 1. The Bertz CT molecular complexity index is 431. The molecule has 1 N–H and O–H groups in total. The number of hydrogen-bond acceptors (Lipinski definition) is 3. The van der Waals surface area contributed by atoms with Gasteiger partial charge >= 0.3 is 5.97 Å². The van der Waals surface area contributed by atoms with Crippen LogP contribution in [0.1, 0.15) is 33.1 Å². The van der Waals surface area contributed by atoms with Crippen molar-refractivity contribution in [1.82, 2.24) is 0 Å². The van der Waals surface area contributed by atoms with Crippen molar-refractivity contribution in [2.45, 2.75) is 45.3 Å². The highest BCUT2D eigenvalue weighted by Gasteiger charge is 2.41. The third kappa shape index (κ3) is 2.56. The molecule has 0 aromatic heterocycles. The Morgan fingerprint density at radius 2 is 2.11 bits per heavy atom. The molecule has 0 saturated carbocycles. The summed E-state index contributed by atoms with van der Waals surface area (Å²) in [5, 5.41) is 10.3. The molecule has 98 valence electrons. The number of carbonyl (C=O) groups is 1. The minimum Gasteiger partial charge on any atom is -0.454 e. The summed E-state index contributed by atoms with van der Waals surface area (Å²) >= 11 is 0. The SMILES string of the molecule is C=C1C(=O)OC2/C=C(\C)CC/C=C(/C)CC(O)C12. The highest BCUT2D eigenvalue weighted by molar-refractivity contribution is 5.91. The standard InChI is InChI=1S/C15H20O3/c1-9-5-4-6-10(2)8-13-14(12(16)7-9)11(3)15(17)18-13/h5,8,12-14,16H,3-4,6-7H2,1-2H3/b9-5-,10-8+. The number of rotatable bonds is 0. The fraction of sp³-hybridized carbons (Fsp3) is 0.533. The molecule has 1 heterocycles. The second-order valence-electron chi connectivity index (χ2n) is 5.29. The van der Waals surface area contributed by atoms with Gasteiger partial charge in [-0.1, -0.05) is 23.8 Å². The van der Waals surface area contributed by atoms with Gasteiger partial charge in [-0.3, -0.25) is 0 Å². The van der Waals surface area contributed by atoms with E-state index in [2.05, 4.69) is 12.7 Å². The predicted molar refractivity (Wildman–Crippen MR) is 69.9 cm³/mol. The van der Waals surface area contributed by atoms with Crippen LogP contribution in [0.4, 0.5) is 0 Å². The summed E-state index contributed by atoms with van der Waals surface area (Å²) in [6, 6.07) is 0. The van der Waals surface area contributed by atoms with Crippen LogP contribution in [0, 0.1) is 5.92 Å². The van der Waals surface area contributed by atoms with Gasteiger partial charge in [0.15, 0.2) is 0 Å². The minimum atomic E-state index is -0.604. The van der Waals surface area contributed by atoms with Crippen molar-refractivity contribution in [3.05, 3.63) is 35.5 Å². The summed E-state index contributed by atoms with van der Waals surface area (Å²) in [5.41, 5.74) is 2.73. The zero-order chi connectivity index (χ0) is 13.3. The predicted octanol–water partition coefficient (Wildman–Crippen LogP) is 2.52. The van der Waals surface area contributed by atoms with Crippen LogP contribution >= 0.6 is 0 Å². The molecule has 18 heavy (non-hydrogen) atoms. The molecule has 0 aromatic carbocycles. The normalized spacial score (nSPS) is 39.2. The van der Waals surface area contributed by atoms with Crippen LogP contribution in [0.25, 0.3) is 0 Å². The van der Waals surface area contributed by atoms with E-state index in [1.807, 2.05) is 19.9 Å². The van der Waals surface area contributed by atoms with E-state index in [4.69, 9.17) is 4.74 Å². The average Bonchev–Trinajstić information content (AvgIpc) is 2.53. The summed E-state index contributed by atoms with van der Waals surface area (Å²) in [4.78, 5) is 11.6. The lowest BCUT2D eigenvalue weighted by Gasteiger charge is -2.23. The number of allylic oxidation sites excluding steroid dienone is 2.